The van der Waals surface area contributed by atoms with Crippen molar-refractivity contribution in [2.24, 2.45) is 0 Å². The number of fused-ring (bicyclic) bond motifs is 2. The van der Waals surface area contributed by atoms with E-state index < -0.39 is 17.7 Å². The summed E-state index contributed by atoms with van der Waals surface area (Å²) in [5, 5.41) is 12.0. The van der Waals surface area contributed by atoms with Gasteiger partial charge in [0.15, 0.2) is 16.6 Å². The molecule has 2 atom stereocenters. The number of amides is 1. The molecular formula is C34H32N2O7S. The van der Waals surface area contributed by atoms with Gasteiger partial charge in [-0.3, -0.25) is 14.5 Å². The molecule has 1 amide bonds. The van der Waals surface area contributed by atoms with Crippen LogP contribution in [0.25, 0.3) is 16.0 Å². The molecule has 9 nitrogen and oxygen atoms in total. The highest BCUT2D eigenvalue weighted by Crippen LogP contribution is 2.46. The minimum atomic E-state index is -0.988. The summed E-state index contributed by atoms with van der Waals surface area (Å²) in [5.41, 5.74) is 2.51. The second-order valence-electron chi connectivity index (χ2n) is 10.4. The summed E-state index contributed by atoms with van der Waals surface area (Å²) in [5.74, 6) is 0.474. The van der Waals surface area contributed by atoms with Crippen LogP contribution in [0.15, 0.2) is 72.8 Å². The first-order valence-electron chi connectivity index (χ1n) is 14.5. The molecule has 0 saturated carbocycles. The third-order valence-corrected chi connectivity index (χ3v) is 8.44. The lowest BCUT2D eigenvalue weighted by Gasteiger charge is -2.24. The van der Waals surface area contributed by atoms with Crippen molar-refractivity contribution in [3.05, 3.63) is 89.5 Å². The summed E-state index contributed by atoms with van der Waals surface area (Å²) in [7, 11) is 0. The van der Waals surface area contributed by atoms with E-state index in [2.05, 4.69) is 6.58 Å². The van der Waals surface area contributed by atoms with Crippen molar-refractivity contribution in [2.45, 2.75) is 39.3 Å². The Hall–Kier alpha value is -4.83. The van der Waals surface area contributed by atoms with Gasteiger partial charge < -0.3 is 24.1 Å². The summed E-state index contributed by atoms with van der Waals surface area (Å²) in [6, 6.07) is 15.0. The second kappa shape index (κ2) is 12.0. The van der Waals surface area contributed by atoms with Crippen LogP contribution in [-0.4, -0.2) is 47.7 Å². The second-order valence-corrected chi connectivity index (χ2v) is 11.4. The number of benzene rings is 3. The van der Waals surface area contributed by atoms with E-state index in [1.54, 1.807) is 36.4 Å². The zero-order chi connectivity index (χ0) is 31.0. The van der Waals surface area contributed by atoms with Crippen LogP contribution >= 0.6 is 11.3 Å². The molecule has 0 aliphatic carbocycles. The van der Waals surface area contributed by atoms with Gasteiger partial charge in [0, 0.05) is 12.0 Å². The van der Waals surface area contributed by atoms with Crippen LogP contribution in [0.2, 0.25) is 0 Å². The molecular weight excluding hydrogens is 580 g/mol. The van der Waals surface area contributed by atoms with Crippen molar-refractivity contribution in [1.29, 1.82) is 0 Å². The van der Waals surface area contributed by atoms with Crippen LogP contribution < -0.4 is 23.8 Å². The maximum Gasteiger partial charge on any atom is 0.301 e. The van der Waals surface area contributed by atoms with E-state index in [9.17, 15) is 14.7 Å². The van der Waals surface area contributed by atoms with Crippen LogP contribution in [0.4, 0.5) is 5.13 Å². The fourth-order valence-electron chi connectivity index (χ4n) is 5.55. The molecule has 44 heavy (non-hydrogen) atoms. The highest BCUT2D eigenvalue weighted by Gasteiger charge is 2.48. The van der Waals surface area contributed by atoms with Crippen molar-refractivity contribution in [3.63, 3.8) is 0 Å². The van der Waals surface area contributed by atoms with Gasteiger partial charge in [-0.1, -0.05) is 30.1 Å². The van der Waals surface area contributed by atoms with Crippen molar-refractivity contribution < 1.29 is 33.6 Å². The van der Waals surface area contributed by atoms with E-state index in [0.717, 1.165) is 16.0 Å². The number of anilines is 1. The lowest BCUT2D eigenvalue weighted by molar-refractivity contribution is -0.132. The molecule has 1 fully saturated rings. The lowest BCUT2D eigenvalue weighted by atomic mass is 9.94. The van der Waals surface area contributed by atoms with Gasteiger partial charge in [-0.15, -0.1) is 0 Å². The monoisotopic (exact) mass is 612 g/mol. The molecule has 1 saturated heterocycles. The Labute approximate surface area is 259 Å². The molecule has 0 spiro atoms. The number of rotatable bonds is 10. The molecule has 1 N–H and O–H groups in total. The fourth-order valence-corrected chi connectivity index (χ4v) is 6.57. The van der Waals surface area contributed by atoms with Gasteiger partial charge in [-0.05, 0) is 80.4 Å². The van der Waals surface area contributed by atoms with E-state index in [1.807, 2.05) is 45.0 Å². The number of thiazole rings is 1. The van der Waals surface area contributed by atoms with Gasteiger partial charge in [0.05, 0.1) is 35.0 Å². The molecule has 3 aromatic carbocycles. The van der Waals surface area contributed by atoms with Gasteiger partial charge in [0.25, 0.3) is 5.78 Å². The number of carbonyl (C=O) groups excluding carboxylic acids is 2. The van der Waals surface area contributed by atoms with Crippen molar-refractivity contribution in [1.82, 2.24) is 4.98 Å². The Balaban J connectivity index is 1.52. The van der Waals surface area contributed by atoms with E-state index in [0.29, 0.717) is 58.7 Å². The first-order valence-corrected chi connectivity index (χ1v) is 15.3. The summed E-state index contributed by atoms with van der Waals surface area (Å²) in [6.45, 7) is 10.6. The third-order valence-electron chi connectivity index (χ3n) is 7.42. The van der Waals surface area contributed by atoms with Crippen molar-refractivity contribution in [2.75, 3.05) is 24.7 Å². The highest BCUT2D eigenvalue weighted by molar-refractivity contribution is 7.22. The predicted molar refractivity (Wildman–Crippen MR) is 169 cm³/mol. The molecule has 1 aromatic heterocycles. The average molecular weight is 613 g/mol. The molecule has 10 heteroatoms. The number of carbonyl (C=O) groups is 2. The van der Waals surface area contributed by atoms with Gasteiger partial charge in [0.2, 0.25) is 0 Å². The lowest BCUT2D eigenvalue weighted by Crippen LogP contribution is -2.29. The largest absolute Gasteiger partial charge is 0.507 e. The molecule has 3 heterocycles. The van der Waals surface area contributed by atoms with Crippen LogP contribution in [0.1, 0.15) is 43.5 Å². The topological polar surface area (TPSA) is 107 Å². The van der Waals surface area contributed by atoms with Gasteiger partial charge >= 0.3 is 5.91 Å². The van der Waals surface area contributed by atoms with Crippen LogP contribution in [0.5, 0.6) is 23.0 Å². The molecule has 0 unspecified atom stereocenters. The Bertz CT molecular complexity index is 1810. The maximum absolute atomic E-state index is 13.8. The van der Waals surface area contributed by atoms with E-state index in [1.165, 1.54) is 16.2 Å². The number of Topliss-reactive ketones (excluding diaryl/α,β-unsaturated/α-hetero) is 1. The summed E-state index contributed by atoms with van der Waals surface area (Å²) >= 11 is 1.27. The SMILES string of the molecule is C=CCOc1ccc([C@@H]2/C(=C(\O)c3ccc4c(c3)C[C@H](C)O4)C(=O)C(=O)N2c2nc3ccc(OCC)cc3s2)cc1OCC. The van der Waals surface area contributed by atoms with E-state index in [4.69, 9.17) is 23.9 Å². The average Bonchev–Trinajstić information content (AvgIpc) is 3.68. The first kappa shape index (κ1) is 29.3. The molecule has 4 aromatic rings. The standard InChI is InChI=1S/C34H32N2O7S/c1-5-14-42-26-13-8-20(17-27(26)41-7-3)30-29(31(37)21-9-12-25-22(16-21)15-19(4)43-25)32(38)33(39)36(30)34-35-24-11-10-23(40-6-2)18-28(24)44-34/h5,8-13,16-19,30,37H,1,6-7,14-15H2,2-4H3/b31-29+/t19-,30+/m0/s1. The number of aliphatic hydroxyl groups is 1. The van der Waals surface area contributed by atoms with Gasteiger partial charge in [0.1, 0.15) is 30.0 Å². The van der Waals surface area contributed by atoms with Crippen molar-refractivity contribution >= 4 is 44.1 Å². The Kier molecular flexibility index (Phi) is 8.01. The third kappa shape index (κ3) is 5.26. The maximum atomic E-state index is 13.8. The highest BCUT2D eigenvalue weighted by atomic mass is 32.1. The van der Waals surface area contributed by atoms with Crippen LogP contribution in [-0.2, 0) is 16.0 Å². The van der Waals surface area contributed by atoms with Gasteiger partial charge in [-0.25, -0.2) is 4.98 Å². The summed E-state index contributed by atoms with van der Waals surface area (Å²) < 4.78 is 23.9. The minimum Gasteiger partial charge on any atom is -0.507 e. The van der Waals surface area contributed by atoms with Crippen molar-refractivity contribution in [3.8, 4) is 23.0 Å². The number of aromatic nitrogens is 1. The summed E-state index contributed by atoms with van der Waals surface area (Å²) in [4.78, 5) is 33.7. The molecule has 2 aliphatic heterocycles. The number of ketones is 1. The number of ether oxygens (including phenoxy) is 4. The molecule has 0 radical (unpaired) electrons. The Morgan fingerprint density at radius 1 is 1.07 bits per heavy atom. The number of hydrogen-bond acceptors (Lipinski definition) is 9. The first-order chi connectivity index (χ1) is 21.3. The smallest absolute Gasteiger partial charge is 0.301 e. The van der Waals surface area contributed by atoms with Gasteiger partial charge in [-0.2, -0.15) is 0 Å². The Morgan fingerprint density at radius 2 is 1.89 bits per heavy atom. The number of aliphatic hydroxyl groups excluding tert-OH is 1. The number of hydrogen-bond donors (Lipinski definition) is 1. The molecule has 6 rings (SSSR count). The minimum absolute atomic E-state index is 0.00839. The molecule has 2 aliphatic rings. The normalized spacial score (nSPS) is 18.8. The zero-order valence-electron chi connectivity index (χ0n) is 24.7. The quantitative estimate of drug-likeness (QED) is 0.0923. The molecule has 0 bridgehead atoms. The van der Waals surface area contributed by atoms with E-state index in [-0.39, 0.29) is 24.0 Å². The summed E-state index contributed by atoms with van der Waals surface area (Å²) in [6.07, 6.45) is 2.31. The van der Waals surface area contributed by atoms with Crippen LogP contribution in [0, 0.1) is 0 Å². The predicted octanol–water partition coefficient (Wildman–Crippen LogP) is 6.61. The zero-order valence-corrected chi connectivity index (χ0v) is 25.5. The van der Waals surface area contributed by atoms with E-state index >= 15 is 0 Å². The fraction of sp³-hybridized carbons (Fsp3) is 0.265. The molecule has 226 valence electrons. The van der Waals surface area contributed by atoms with Crippen LogP contribution in [0.3, 0.4) is 0 Å². The number of nitrogens with zero attached hydrogens (tertiary/aromatic N) is 2. The Morgan fingerprint density at radius 3 is 2.66 bits per heavy atom.